The molecule has 0 radical (unpaired) electrons. The van der Waals surface area contributed by atoms with Crippen molar-refractivity contribution in [2.45, 2.75) is 50.3 Å². The van der Waals surface area contributed by atoms with E-state index in [1.165, 1.54) is 43.2 Å². The van der Waals surface area contributed by atoms with Crippen LogP contribution < -0.4 is 5.32 Å². The van der Waals surface area contributed by atoms with Gasteiger partial charge >= 0.3 is 0 Å². The highest BCUT2D eigenvalue weighted by Crippen LogP contribution is 2.62. The highest BCUT2D eigenvalue weighted by atomic mass is 16.3. The molecular weight excluding hydrogens is 246 g/mol. The smallest absolute Gasteiger partial charge is 0.0898 e. The highest BCUT2D eigenvalue weighted by Gasteiger charge is 2.60. The van der Waals surface area contributed by atoms with Crippen LogP contribution >= 0.6 is 0 Å². The number of hydrogen-bond donors (Lipinski definition) is 2. The third kappa shape index (κ3) is 1.37. The van der Waals surface area contributed by atoms with Crippen molar-refractivity contribution in [3.05, 3.63) is 35.4 Å². The van der Waals surface area contributed by atoms with Crippen molar-refractivity contribution in [1.82, 2.24) is 5.32 Å². The number of fused-ring (bicyclic) bond motifs is 1. The second kappa shape index (κ2) is 3.86. The van der Waals surface area contributed by atoms with Crippen molar-refractivity contribution in [3.8, 4) is 0 Å². The average molecular weight is 269 g/mol. The molecule has 0 saturated heterocycles. The lowest BCUT2D eigenvalue weighted by Gasteiger charge is -2.60. The van der Waals surface area contributed by atoms with Crippen LogP contribution in [0.3, 0.4) is 0 Å². The molecule has 1 unspecified atom stereocenters. The van der Waals surface area contributed by atoms with Crippen molar-refractivity contribution < 1.29 is 5.11 Å². The van der Waals surface area contributed by atoms with E-state index in [1.807, 2.05) is 0 Å². The zero-order chi connectivity index (χ0) is 13.3. The number of hydrogen-bond acceptors (Lipinski definition) is 2. The number of benzene rings is 1. The number of aliphatic hydroxyl groups is 1. The van der Waals surface area contributed by atoms with Crippen LogP contribution in [0.25, 0.3) is 0 Å². The normalized spacial score (nSPS) is 48.5. The van der Waals surface area contributed by atoms with Gasteiger partial charge in [-0.25, -0.2) is 0 Å². The van der Waals surface area contributed by atoms with Gasteiger partial charge in [0.25, 0.3) is 0 Å². The van der Waals surface area contributed by atoms with Gasteiger partial charge in [0.15, 0.2) is 0 Å². The summed E-state index contributed by atoms with van der Waals surface area (Å²) in [5.74, 6) is 2.88. The fourth-order valence-electron chi connectivity index (χ4n) is 6.12. The second-order valence-electron chi connectivity index (χ2n) is 7.70. The molecule has 4 fully saturated rings. The van der Waals surface area contributed by atoms with Gasteiger partial charge in [0.1, 0.15) is 0 Å². The lowest BCUT2D eigenvalue weighted by atomic mass is 9.48. The first-order valence-corrected chi connectivity index (χ1v) is 8.28. The van der Waals surface area contributed by atoms with Gasteiger partial charge < -0.3 is 10.4 Å². The molecule has 2 nitrogen and oxygen atoms in total. The molecule has 0 spiro atoms. The van der Waals surface area contributed by atoms with Crippen LogP contribution in [-0.4, -0.2) is 10.7 Å². The van der Waals surface area contributed by atoms with E-state index in [9.17, 15) is 5.11 Å². The summed E-state index contributed by atoms with van der Waals surface area (Å²) in [5.41, 5.74) is 2.27. The van der Waals surface area contributed by atoms with Gasteiger partial charge in [0, 0.05) is 6.54 Å². The Labute approximate surface area is 120 Å². The highest BCUT2D eigenvalue weighted by molar-refractivity contribution is 5.37. The quantitative estimate of drug-likeness (QED) is 0.821. The molecule has 106 valence electrons. The predicted octanol–water partition coefficient (Wildman–Crippen LogP) is 3.02. The van der Waals surface area contributed by atoms with Crippen LogP contribution in [0.5, 0.6) is 0 Å². The fourth-order valence-corrected chi connectivity index (χ4v) is 6.12. The van der Waals surface area contributed by atoms with Crippen LogP contribution in [-0.2, 0) is 6.54 Å². The molecule has 2 heteroatoms. The first kappa shape index (κ1) is 11.8. The Morgan fingerprint density at radius 2 is 1.60 bits per heavy atom. The Morgan fingerprint density at radius 1 is 0.950 bits per heavy atom. The van der Waals surface area contributed by atoms with Crippen molar-refractivity contribution in [2.75, 3.05) is 0 Å². The standard InChI is InChI=1S/C18H23NO/c20-18(17-16-4-2-1-3-13(16)10-19-17)14-6-11-5-12(8-14)9-15(18)7-11/h1-4,11-12,14-15,17,19-20H,5-10H2. The van der Waals surface area contributed by atoms with Crippen molar-refractivity contribution >= 4 is 0 Å². The maximum atomic E-state index is 11.7. The van der Waals surface area contributed by atoms with E-state index >= 15 is 0 Å². The van der Waals surface area contributed by atoms with Gasteiger partial charge in [-0.15, -0.1) is 0 Å². The lowest BCUT2D eigenvalue weighted by Crippen LogP contribution is -2.62. The monoisotopic (exact) mass is 269 g/mol. The van der Waals surface area contributed by atoms with E-state index in [4.69, 9.17) is 0 Å². The molecule has 1 aromatic rings. The van der Waals surface area contributed by atoms with E-state index in [1.54, 1.807) is 0 Å². The summed E-state index contributed by atoms with van der Waals surface area (Å²) in [6, 6.07) is 8.85. The van der Waals surface area contributed by atoms with Gasteiger partial charge in [0.05, 0.1) is 11.6 Å². The lowest BCUT2D eigenvalue weighted by molar-refractivity contribution is -0.189. The number of rotatable bonds is 1. The summed E-state index contributed by atoms with van der Waals surface area (Å²) >= 11 is 0. The largest absolute Gasteiger partial charge is 0.387 e. The van der Waals surface area contributed by atoms with Crippen molar-refractivity contribution in [3.63, 3.8) is 0 Å². The van der Waals surface area contributed by atoms with Crippen molar-refractivity contribution in [2.24, 2.45) is 23.7 Å². The molecule has 1 heterocycles. The summed E-state index contributed by atoms with van der Waals surface area (Å²) in [5, 5.41) is 15.3. The van der Waals surface area contributed by atoms with Crippen molar-refractivity contribution in [1.29, 1.82) is 0 Å². The Kier molecular flexibility index (Phi) is 2.27. The van der Waals surface area contributed by atoms with E-state index < -0.39 is 5.60 Å². The second-order valence-corrected chi connectivity index (χ2v) is 7.70. The zero-order valence-corrected chi connectivity index (χ0v) is 11.9. The first-order chi connectivity index (χ1) is 9.75. The zero-order valence-electron chi connectivity index (χ0n) is 11.9. The average Bonchev–Trinajstić information content (AvgIpc) is 2.88. The third-order valence-corrected chi connectivity index (χ3v) is 6.77. The summed E-state index contributed by atoms with van der Waals surface area (Å²) in [7, 11) is 0. The molecule has 4 saturated carbocycles. The SMILES string of the molecule is OC1(C2NCc3ccccc32)C2CC3CC(C2)CC1C3. The maximum absolute atomic E-state index is 11.7. The van der Waals surface area contributed by atoms with Gasteiger partial charge in [-0.1, -0.05) is 24.3 Å². The molecule has 1 aliphatic heterocycles. The summed E-state index contributed by atoms with van der Waals surface area (Å²) in [6.45, 7) is 0.926. The molecule has 4 aliphatic carbocycles. The Bertz CT molecular complexity index is 524. The topological polar surface area (TPSA) is 32.3 Å². The predicted molar refractivity (Wildman–Crippen MR) is 78.0 cm³/mol. The fraction of sp³-hybridized carbons (Fsp3) is 0.667. The van der Waals surface area contributed by atoms with Crippen LogP contribution in [0.2, 0.25) is 0 Å². The molecule has 4 bridgehead atoms. The van der Waals surface area contributed by atoms with Gasteiger partial charge in [-0.3, -0.25) is 0 Å². The minimum atomic E-state index is -0.486. The molecule has 20 heavy (non-hydrogen) atoms. The molecule has 1 atom stereocenters. The third-order valence-electron chi connectivity index (χ3n) is 6.77. The summed E-state index contributed by atoms with van der Waals surface area (Å²) < 4.78 is 0. The molecule has 2 N–H and O–H groups in total. The molecule has 6 rings (SSSR count). The number of nitrogens with one attached hydrogen (secondary N) is 1. The van der Waals surface area contributed by atoms with E-state index in [0.717, 1.165) is 18.4 Å². The van der Waals surface area contributed by atoms with E-state index in [-0.39, 0.29) is 6.04 Å². The molecule has 5 aliphatic rings. The van der Waals surface area contributed by atoms with Crippen LogP contribution in [0.4, 0.5) is 0 Å². The molecule has 0 amide bonds. The minimum Gasteiger partial charge on any atom is -0.387 e. The van der Waals surface area contributed by atoms with E-state index in [2.05, 4.69) is 29.6 Å². The van der Waals surface area contributed by atoms with Crippen LogP contribution in [0, 0.1) is 23.7 Å². The van der Waals surface area contributed by atoms with Gasteiger partial charge in [-0.05, 0) is 66.9 Å². The maximum Gasteiger partial charge on any atom is 0.0898 e. The Hall–Kier alpha value is -0.860. The summed E-state index contributed by atoms with van der Waals surface area (Å²) in [6.07, 6.45) is 6.51. The molecule has 1 aromatic carbocycles. The first-order valence-electron chi connectivity index (χ1n) is 8.28. The van der Waals surface area contributed by atoms with Gasteiger partial charge in [-0.2, -0.15) is 0 Å². The minimum absolute atomic E-state index is 0.175. The van der Waals surface area contributed by atoms with Gasteiger partial charge in [0.2, 0.25) is 0 Å². The Morgan fingerprint density at radius 3 is 2.30 bits per heavy atom. The van der Waals surface area contributed by atoms with Crippen LogP contribution in [0.1, 0.15) is 49.3 Å². The van der Waals surface area contributed by atoms with Crippen LogP contribution in [0.15, 0.2) is 24.3 Å². The molecule has 0 aromatic heterocycles. The Balaban J connectivity index is 1.58. The summed E-state index contributed by atoms with van der Waals surface area (Å²) in [4.78, 5) is 0. The van der Waals surface area contributed by atoms with E-state index in [0.29, 0.717) is 11.8 Å². The molecular formula is C18H23NO.